The zero-order valence-corrected chi connectivity index (χ0v) is 7.81. The van der Waals surface area contributed by atoms with Crippen molar-refractivity contribution >= 4 is 0 Å². The molecule has 3 heteroatoms. The second kappa shape index (κ2) is 4.05. The van der Waals surface area contributed by atoms with E-state index in [1.54, 1.807) is 0 Å². The van der Waals surface area contributed by atoms with Crippen LogP contribution in [0.5, 0.6) is 5.75 Å². The summed E-state index contributed by atoms with van der Waals surface area (Å²) in [5.41, 5.74) is 0. The molecule has 1 aliphatic heterocycles. The molecule has 0 saturated carbocycles. The second-order valence-corrected chi connectivity index (χ2v) is 3.05. The SMILES string of the molecule is C=C1OCC(COc2ccccc2)O1. The summed E-state index contributed by atoms with van der Waals surface area (Å²) in [7, 11) is 0. The lowest BCUT2D eigenvalue weighted by Crippen LogP contribution is -2.19. The van der Waals surface area contributed by atoms with Crippen LogP contribution in [0.2, 0.25) is 0 Å². The quantitative estimate of drug-likeness (QED) is 0.732. The first-order valence-corrected chi connectivity index (χ1v) is 4.51. The Morgan fingerprint density at radius 2 is 2.14 bits per heavy atom. The summed E-state index contributed by atoms with van der Waals surface area (Å²) < 4.78 is 15.8. The molecule has 1 aromatic carbocycles. The van der Waals surface area contributed by atoms with E-state index in [1.165, 1.54) is 0 Å². The molecule has 0 aromatic heterocycles. The van der Waals surface area contributed by atoms with Crippen molar-refractivity contribution in [3.63, 3.8) is 0 Å². The smallest absolute Gasteiger partial charge is 0.272 e. The van der Waals surface area contributed by atoms with Crippen molar-refractivity contribution in [3.8, 4) is 5.75 Å². The Labute approximate surface area is 82.9 Å². The fourth-order valence-corrected chi connectivity index (χ4v) is 1.23. The van der Waals surface area contributed by atoms with Crippen molar-refractivity contribution in [2.45, 2.75) is 6.10 Å². The summed E-state index contributed by atoms with van der Waals surface area (Å²) in [6, 6.07) is 9.62. The lowest BCUT2D eigenvalue weighted by atomic mass is 10.3. The van der Waals surface area contributed by atoms with Crippen molar-refractivity contribution in [2.75, 3.05) is 13.2 Å². The van der Waals surface area contributed by atoms with E-state index in [4.69, 9.17) is 14.2 Å². The third kappa shape index (κ3) is 2.19. The molecule has 0 spiro atoms. The third-order valence-corrected chi connectivity index (χ3v) is 1.91. The first kappa shape index (κ1) is 8.94. The van der Waals surface area contributed by atoms with Gasteiger partial charge in [0.1, 0.15) is 19.0 Å². The van der Waals surface area contributed by atoms with Crippen LogP contribution < -0.4 is 4.74 Å². The van der Waals surface area contributed by atoms with E-state index in [9.17, 15) is 0 Å². The van der Waals surface area contributed by atoms with Crippen LogP contribution in [0, 0.1) is 0 Å². The molecule has 0 N–H and O–H groups in total. The maximum Gasteiger partial charge on any atom is 0.272 e. The molecule has 0 bridgehead atoms. The lowest BCUT2D eigenvalue weighted by molar-refractivity contribution is 0.104. The van der Waals surface area contributed by atoms with E-state index in [-0.39, 0.29) is 6.10 Å². The molecule has 3 nitrogen and oxygen atoms in total. The molecule has 2 rings (SSSR count). The monoisotopic (exact) mass is 192 g/mol. The third-order valence-electron chi connectivity index (χ3n) is 1.91. The van der Waals surface area contributed by atoms with Gasteiger partial charge < -0.3 is 14.2 Å². The van der Waals surface area contributed by atoms with Gasteiger partial charge in [-0.1, -0.05) is 18.2 Å². The van der Waals surface area contributed by atoms with Gasteiger partial charge in [0.15, 0.2) is 6.10 Å². The average Bonchev–Trinajstić information content (AvgIpc) is 2.63. The van der Waals surface area contributed by atoms with E-state index in [1.807, 2.05) is 30.3 Å². The molecule has 0 radical (unpaired) electrons. The summed E-state index contributed by atoms with van der Waals surface area (Å²) in [5.74, 6) is 1.22. The minimum Gasteiger partial charge on any atom is -0.490 e. The van der Waals surface area contributed by atoms with Gasteiger partial charge in [0.05, 0.1) is 0 Å². The van der Waals surface area contributed by atoms with Gasteiger partial charge in [-0.3, -0.25) is 0 Å². The fourth-order valence-electron chi connectivity index (χ4n) is 1.23. The summed E-state index contributed by atoms with van der Waals surface area (Å²) >= 11 is 0. The van der Waals surface area contributed by atoms with Gasteiger partial charge in [0.2, 0.25) is 0 Å². The number of benzene rings is 1. The molecule has 1 fully saturated rings. The standard InChI is InChI=1S/C11H12O3/c1-9-12-7-11(14-9)8-13-10-5-3-2-4-6-10/h2-6,11H,1,7-8H2. The van der Waals surface area contributed by atoms with Crippen LogP contribution in [0.1, 0.15) is 0 Å². The summed E-state index contributed by atoms with van der Waals surface area (Å²) in [6.45, 7) is 4.57. The summed E-state index contributed by atoms with van der Waals surface area (Å²) in [4.78, 5) is 0. The Hall–Kier alpha value is -1.64. The fraction of sp³-hybridized carbons (Fsp3) is 0.273. The van der Waals surface area contributed by atoms with Crippen LogP contribution in [0.3, 0.4) is 0 Å². The molecule has 1 unspecified atom stereocenters. The van der Waals surface area contributed by atoms with E-state index in [2.05, 4.69) is 6.58 Å². The molecular formula is C11H12O3. The zero-order chi connectivity index (χ0) is 9.80. The maximum absolute atomic E-state index is 5.49. The molecule has 0 amide bonds. The van der Waals surface area contributed by atoms with Crippen molar-refractivity contribution in [3.05, 3.63) is 42.9 Å². The summed E-state index contributed by atoms with van der Waals surface area (Å²) in [5, 5.41) is 0. The zero-order valence-electron chi connectivity index (χ0n) is 7.81. The van der Waals surface area contributed by atoms with E-state index < -0.39 is 0 Å². The predicted octanol–water partition coefficient (Wildman–Crippen LogP) is 1.95. The van der Waals surface area contributed by atoms with Gasteiger partial charge in [-0.2, -0.15) is 0 Å². The van der Waals surface area contributed by atoms with Gasteiger partial charge in [-0.15, -0.1) is 0 Å². The topological polar surface area (TPSA) is 27.7 Å². The molecule has 14 heavy (non-hydrogen) atoms. The summed E-state index contributed by atoms with van der Waals surface area (Å²) in [6.07, 6.45) is -0.0392. The van der Waals surface area contributed by atoms with Crippen LogP contribution in [0.4, 0.5) is 0 Å². The number of hydrogen-bond acceptors (Lipinski definition) is 3. The molecular weight excluding hydrogens is 180 g/mol. The Morgan fingerprint density at radius 1 is 1.36 bits per heavy atom. The number of hydrogen-bond donors (Lipinski definition) is 0. The molecule has 1 heterocycles. The van der Waals surface area contributed by atoms with Crippen LogP contribution in [0.15, 0.2) is 42.9 Å². The van der Waals surface area contributed by atoms with Crippen LogP contribution in [0.25, 0.3) is 0 Å². The first-order chi connectivity index (χ1) is 6.84. The van der Waals surface area contributed by atoms with Gasteiger partial charge in [-0.25, -0.2) is 0 Å². The first-order valence-electron chi connectivity index (χ1n) is 4.51. The number of para-hydroxylation sites is 1. The highest BCUT2D eigenvalue weighted by molar-refractivity contribution is 5.20. The highest BCUT2D eigenvalue weighted by Crippen LogP contribution is 2.15. The minimum atomic E-state index is -0.0392. The second-order valence-electron chi connectivity index (χ2n) is 3.05. The Bertz CT molecular complexity index is 308. The van der Waals surface area contributed by atoms with Crippen LogP contribution in [-0.2, 0) is 9.47 Å². The van der Waals surface area contributed by atoms with Crippen molar-refractivity contribution in [1.29, 1.82) is 0 Å². The van der Waals surface area contributed by atoms with E-state index >= 15 is 0 Å². The highest BCUT2D eigenvalue weighted by Gasteiger charge is 2.20. The molecule has 1 saturated heterocycles. The lowest BCUT2D eigenvalue weighted by Gasteiger charge is -2.09. The molecule has 1 aliphatic rings. The maximum atomic E-state index is 5.49. The molecule has 1 aromatic rings. The van der Waals surface area contributed by atoms with Crippen molar-refractivity contribution in [1.82, 2.24) is 0 Å². The van der Waals surface area contributed by atoms with Crippen molar-refractivity contribution < 1.29 is 14.2 Å². The van der Waals surface area contributed by atoms with Gasteiger partial charge >= 0.3 is 0 Å². The van der Waals surface area contributed by atoms with E-state index in [0.717, 1.165) is 5.75 Å². The Balaban J connectivity index is 1.80. The average molecular weight is 192 g/mol. The normalized spacial score (nSPS) is 20.0. The number of ether oxygens (including phenoxy) is 3. The molecule has 1 atom stereocenters. The highest BCUT2D eigenvalue weighted by atomic mass is 16.7. The van der Waals surface area contributed by atoms with Crippen LogP contribution in [-0.4, -0.2) is 19.3 Å². The van der Waals surface area contributed by atoms with Crippen molar-refractivity contribution in [2.24, 2.45) is 0 Å². The predicted molar refractivity (Wildman–Crippen MR) is 51.9 cm³/mol. The number of rotatable bonds is 3. The molecule has 0 aliphatic carbocycles. The molecule has 74 valence electrons. The minimum absolute atomic E-state index is 0.0392. The van der Waals surface area contributed by atoms with Gasteiger partial charge in [-0.05, 0) is 18.7 Å². The Kier molecular flexibility index (Phi) is 2.58. The van der Waals surface area contributed by atoms with Crippen LogP contribution >= 0.6 is 0 Å². The Morgan fingerprint density at radius 3 is 2.79 bits per heavy atom. The van der Waals surface area contributed by atoms with Gasteiger partial charge in [0, 0.05) is 0 Å². The largest absolute Gasteiger partial charge is 0.490 e. The van der Waals surface area contributed by atoms with Gasteiger partial charge in [0.25, 0.3) is 5.95 Å². The van der Waals surface area contributed by atoms with E-state index in [0.29, 0.717) is 19.2 Å².